The van der Waals surface area contributed by atoms with Gasteiger partial charge in [-0.25, -0.2) is 0 Å². The Bertz CT molecular complexity index is 210. The average Bonchev–Trinajstić information content (AvgIpc) is 2.99. The van der Waals surface area contributed by atoms with Gasteiger partial charge in [0.05, 0.1) is 0 Å². The molecule has 1 aliphatic rings. The van der Waals surface area contributed by atoms with E-state index in [-0.39, 0.29) is 0 Å². The maximum Gasteiger partial charge on any atom is 0.0107 e. The fourth-order valence-corrected chi connectivity index (χ4v) is 3.24. The van der Waals surface area contributed by atoms with Gasteiger partial charge in [-0.15, -0.1) is 0 Å². The highest BCUT2D eigenvalue weighted by Crippen LogP contribution is 2.23. The van der Waals surface area contributed by atoms with Gasteiger partial charge in [0.25, 0.3) is 0 Å². The summed E-state index contributed by atoms with van der Waals surface area (Å²) >= 11 is 0. The third kappa shape index (κ3) is 7.61. The Morgan fingerprint density at radius 2 is 1.45 bits per heavy atom. The highest BCUT2D eigenvalue weighted by molar-refractivity contribution is 4.70. The molecule has 0 aromatic carbocycles. The van der Waals surface area contributed by atoms with E-state index in [2.05, 4.69) is 35.9 Å². The summed E-state index contributed by atoms with van der Waals surface area (Å²) in [6.07, 6.45) is 7.12. The zero-order valence-electron chi connectivity index (χ0n) is 14.2. The monoisotopic (exact) mass is 283 g/mol. The van der Waals surface area contributed by atoms with Gasteiger partial charge in [-0.1, -0.05) is 33.6 Å². The minimum atomic E-state index is 0.966. The highest BCUT2D eigenvalue weighted by atomic mass is 15.1. The van der Waals surface area contributed by atoms with Crippen LogP contribution in [0.5, 0.6) is 0 Å². The van der Waals surface area contributed by atoms with Crippen molar-refractivity contribution in [2.45, 2.75) is 52.9 Å². The Hall–Kier alpha value is -0.120. The summed E-state index contributed by atoms with van der Waals surface area (Å²) in [7, 11) is 0. The van der Waals surface area contributed by atoms with Crippen LogP contribution in [0.15, 0.2) is 0 Å². The number of hydrogen-bond acceptors (Lipinski definition) is 3. The molecule has 0 atom stereocenters. The van der Waals surface area contributed by atoms with E-state index in [4.69, 9.17) is 0 Å². The first-order chi connectivity index (χ1) is 9.80. The van der Waals surface area contributed by atoms with Crippen molar-refractivity contribution < 1.29 is 0 Å². The first kappa shape index (κ1) is 17.9. The molecule has 0 aromatic heterocycles. The van der Waals surface area contributed by atoms with Crippen molar-refractivity contribution in [3.05, 3.63) is 0 Å². The third-order valence-corrected chi connectivity index (χ3v) is 4.80. The molecule has 0 saturated heterocycles. The van der Waals surface area contributed by atoms with Crippen LogP contribution >= 0.6 is 0 Å². The first-order valence-corrected chi connectivity index (χ1v) is 8.95. The molecule has 1 rings (SSSR count). The molecule has 0 heterocycles. The van der Waals surface area contributed by atoms with Crippen molar-refractivity contribution >= 4 is 0 Å². The van der Waals surface area contributed by atoms with Crippen molar-refractivity contribution in [1.82, 2.24) is 15.1 Å². The van der Waals surface area contributed by atoms with Gasteiger partial charge >= 0.3 is 0 Å². The second-order valence-electron chi connectivity index (χ2n) is 6.17. The van der Waals surface area contributed by atoms with Gasteiger partial charge in [0, 0.05) is 13.1 Å². The summed E-state index contributed by atoms with van der Waals surface area (Å²) < 4.78 is 0. The van der Waals surface area contributed by atoms with Gasteiger partial charge in [-0.3, -0.25) is 0 Å². The van der Waals surface area contributed by atoms with E-state index in [0.717, 1.165) is 12.5 Å². The summed E-state index contributed by atoms with van der Waals surface area (Å²) in [4.78, 5) is 5.11. The average molecular weight is 284 g/mol. The van der Waals surface area contributed by atoms with Crippen molar-refractivity contribution in [3.63, 3.8) is 0 Å². The molecule has 1 N–H and O–H groups in total. The Morgan fingerprint density at radius 3 is 2.05 bits per heavy atom. The summed E-state index contributed by atoms with van der Waals surface area (Å²) in [5.41, 5.74) is 0. The quantitative estimate of drug-likeness (QED) is 0.556. The molecule has 120 valence electrons. The van der Waals surface area contributed by atoms with E-state index in [0.29, 0.717) is 0 Å². The minimum absolute atomic E-state index is 0.966. The van der Waals surface area contributed by atoms with Crippen molar-refractivity contribution in [2.75, 3.05) is 52.4 Å². The Labute approximate surface area is 127 Å². The molecule has 0 spiro atoms. The molecule has 0 aromatic rings. The second kappa shape index (κ2) is 11.5. The van der Waals surface area contributed by atoms with E-state index in [1.54, 1.807) is 0 Å². The molecule has 3 heteroatoms. The maximum atomic E-state index is 3.66. The van der Waals surface area contributed by atoms with E-state index in [1.807, 2.05) is 0 Å². The fourth-order valence-electron chi connectivity index (χ4n) is 3.24. The van der Waals surface area contributed by atoms with Crippen molar-refractivity contribution in [3.8, 4) is 0 Å². The van der Waals surface area contributed by atoms with Crippen LogP contribution in [-0.4, -0.2) is 62.2 Å². The van der Waals surface area contributed by atoms with Gasteiger partial charge < -0.3 is 15.1 Å². The lowest BCUT2D eigenvalue weighted by atomic mass is 10.1. The van der Waals surface area contributed by atoms with Crippen LogP contribution in [0.2, 0.25) is 0 Å². The summed E-state index contributed by atoms with van der Waals surface area (Å²) in [6, 6.07) is 0. The second-order valence-corrected chi connectivity index (χ2v) is 6.17. The SMILES string of the molecule is CCN(CC)CCCN(CC)CCNCC1CCCC1. The van der Waals surface area contributed by atoms with E-state index in [9.17, 15) is 0 Å². The number of nitrogens with zero attached hydrogens (tertiary/aromatic N) is 2. The van der Waals surface area contributed by atoms with Crippen LogP contribution < -0.4 is 5.32 Å². The largest absolute Gasteiger partial charge is 0.315 e. The zero-order chi connectivity index (χ0) is 14.6. The lowest BCUT2D eigenvalue weighted by Crippen LogP contribution is -2.35. The molecular formula is C17H37N3. The van der Waals surface area contributed by atoms with Gasteiger partial charge in [0.1, 0.15) is 0 Å². The van der Waals surface area contributed by atoms with Crippen molar-refractivity contribution in [1.29, 1.82) is 0 Å². The fraction of sp³-hybridized carbons (Fsp3) is 1.00. The van der Waals surface area contributed by atoms with Gasteiger partial charge in [0.15, 0.2) is 0 Å². The summed E-state index contributed by atoms with van der Waals surface area (Å²) in [5.74, 6) is 0.966. The molecule has 0 amide bonds. The summed E-state index contributed by atoms with van der Waals surface area (Å²) in [6.45, 7) is 16.5. The smallest absolute Gasteiger partial charge is 0.0107 e. The Balaban J connectivity index is 2.00. The van der Waals surface area contributed by atoms with Crippen LogP contribution in [0.25, 0.3) is 0 Å². The van der Waals surface area contributed by atoms with Gasteiger partial charge in [0.2, 0.25) is 0 Å². The van der Waals surface area contributed by atoms with E-state index < -0.39 is 0 Å². The number of hydrogen-bond donors (Lipinski definition) is 1. The number of likely N-dealkylation sites (N-methyl/N-ethyl adjacent to an activating group) is 1. The molecule has 0 unspecified atom stereocenters. The predicted octanol–water partition coefficient (Wildman–Crippen LogP) is 2.82. The van der Waals surface area contributed by atoms with Crippen LogP contribution in [0, 0.1) is 5.92 Å². The summed E-state index contributed by atoms with van der Waals surface area (Å²) in [5, 5.41) is 3.66. The van der Waals surface area contributed by atoms with Crippen LogP contribution in [0.1, 0.15) is 52.9 Å². The maximum absolute atomic E-state index is 3.66. The van der Waals surface area contributed by atoms with Gasteiger partial charge in [-0.2, -0.15) is 0 Å². The molecule has 1 saturated carbocycles. The number of nitrogens with one attached hydrogen (secondary N) is 1. The molecule has 0 aliphatic heterocycles. The topological polar surface area (TPSA) is 18.5 Å². The zero-order valence-corrected chi connectivity index (χ0v) is 14.2. The molecule has 1 aliphatic carbocycles. The number of rotatable bonds is 12. The minimum Gasteiger partial charge on any atom is -0.315 e. The Kier molecular flexibility index (Phi) is 10.3. The molecule has 3 nitrogen and oxygen atoms in total. The lowest BCUT2D eigenvalue weighted by molar-refractivity contribution is 0.242. The van der Waals surface area contributed by atoms with Crippen LogP contribution in [-0.2, 0) is 0 Å². The van der Waals surface area contributed by atoms with Crippen molar-refractivity contribution in [2.24, 2.45) is 5.92 Å². The Morgan fingerprint density at radius 1 is 0.850 bits per heavy atom. The van der Waals surface area contributed by atoms with Crippen LogP contribution in [0.4, 0.5) is 0 Å². The lowest BCUT2D eigenvalue weighted by Gasteiger charge is -2.23. The third-order valence-electron chi connectivity index (χ3n) is 4.80. The predicted molar refractivity (Wildman–Crippen MR) is 89.3 cm³/mol. The molecule has 1 fully saturated rings. The first-order valence-electron chi connectivity index (χ1n) is 8.95. The van der Waals surface area contributed by atoms with Crippen LogP contribution in [0.3, 0.4) is 0 Å². The standard InChI is InChI=1S/C17H37N3/c1-4-19(5-2)13-9-14-20(6-3)15-12-18-16-17-10-7-8-11-17/h17-18H,4-16H2,1-3H3. The molecule has 0 bridgehead atoms. The van der Waals surface area contributed by atoms with Gasteiger partial charge in [-0.05, 0) is 64.4 Å². The molecule has 20 heavy (non-hydrogen) atoms. The van der Waals surface area contributed by atoms with E-state index in [1.165, 1.54) is 77.9 Å². The molecular weight excluding hydrogens is 246 g/mol. The normalized spacial score (nSPS) is 16.6. The molecule has 0 radical (unpaired) electrons. The van der Waals surface area contributed by atoms with E-state index >= 15 is 0 Å². The highest BCUT2D eigenvalue weighted by Gasteiger charge is 2.14.